The van der Waals surface area contributed by atoms with Crippen LogP contribution in [0.4, 0.5) is 4.79 Å². The molecule has 1 amide bonds. The molecule has 0 aliphatic carbocycles. The summed E-state index contributed by atoms with van der Waals surface area (Å²) in [6.45, 7) is 10.9. The molecule has 1 saturated heterocycles. The summed E-state index contributed by atoms with van der Waals surface area (Å²) in [7, 11) is 2.18. The number of nitrogens with zero attached hydrogens (tertiary/aromatic N) is 1. The molecule has 0 spiro atoms. The van der Waals surface area contributed by atoms with Crippen LogP contribution in [-0.2, 0) is 4.74 Å². The number of alkyl carbamates (subject to hydrolysis) is 1. The van der Waals surface area contributed by atoms with E-state index < -0.39 is 5.60 Å². The molecule has 1 heterocycles. The molecule has 2 atom stereocenters. The molecule has 1 rings (SSSR count). The van der Waals surface area contributed by atoms with Gasteiger partial charge in [-0.15, -0.1) is 0 Å². The van der Waals surface area contributed by atoms with Gasteiger partial charge < -0.3 is 20.3 Å². The van der Waals surface area contributed by atoms with Crippen LogP contribution in [0, 0.1) is 0 Å². The summed E-state index contributed by atoms with van der Waals surface area (Å²) in [6.07, 6.45) is 4.22. The molecule has 0 aromatic heterocycles. The van der Waals surface area contributed by atoms with E-state index in [9.17, 15) is 4.79 Å². The molecular weight excluding hydrogens is 266 g/mol. The first-order valence-electron chi connectivity index (χ1n) is 8.21. The van der Waals surface area contributed by atoms with E-state index in [-0.39, 0.29) is 12.1 Å². The molecule has 1 fully saturated rings. The summed E-state index contributed by atoms with van der Waals surface area (Å²) in [4.78, 5) is 14.2. The number of ether oxygens (including phenoxy) is 1. The highest BCUT2D eigenvalue weighted by Crippen LogP contribution is 2.10. The van der Waals surface area contributed by atoms with Gasteiger partial charge in [-0.1, -0.05) is 6.92 Å². The van der Waals surface area contributed by atoms with Crippen LogP contribution in [0.3, 0.4) is 0 Å². The number of rotatable bonds is 5. The molecule has 0 saturated carbocycles. The molecule has 0 aromatic carbocycles. The third kappa shape index (κ3) is 8.27. The Kier molecular flexibility index (Phi) is 7.46. The van der Waals surface area contributed by atoms with Crippen LogP contribution in [0.2, 0.25) is 0 Å². The van der Waals surface area contributed by atoms with E-state index in [4.69, 9.17) is 4.74 Å². The molecule has 124 valence electrons. The highest BCUT2D eigenvalue weighted by Gasteiger charge is 2.20. The third-order valence-corrected chi connectivity index (χ3v) is 3.82. The second kappa shape index (κ2) is 8.59. The van der Waals surface area contributed by atoms with Crippen LogP contribution >= 0.6 is 0 Å². The number of carbonyl (C=O) groups is 1. The summed E-state index contributed by atoms with van der Waals surface area (Å²) in [5.41, 5.74) is -0.443. The lowest BCUT2D eigenvalue weighted by molar-refractivity contribution is 0.0501. The second-order valence-electron chi connectivity index (χ2n) is 7.09. The maximum absolute atomic E-state index is 11.8. The van der Waals surface area contributed by atoms with Crippen LogP contribution < -0.4 is 10.6 Å². The number of hydrogen-bond acceptors (Lipinski definition) is 4. The lowest BCUT2D eigenvalue weighted by Crippen LogP contribution is -2.46. The van der Waals surface area contributed by atoms with Crippen LogP contribution in [0.5, 0.6) is 0 Å². The zero-order chi connectivity index (χ0) is 15.9. The van der Waals surface area contributed by atoms with Crippen molar-refractivity contribution in [3.05, 3.63) is 0 Å². The highest BCUT2D eigenvalue weighted by atomic mass is 16.6. The minimum atomic E-state index is -0.443. The first kappa shape index (κ1) is 18.2. The predicted octanol–water partition coefficient (Wildman–Crippen LogP) is 2.36. The molecule has 2 N–H and O–H groups in total. The maximum atomic E-state index is 11.8. The Morgan fingerprint density at radius 3 is 2.67 bits per heavy atom. The van der Waals surface area contributed by atoms with Crippen molar-refractivity contribution < 1.29 is 9.53 Å². The van der Waals surface area contributed by atoms with E-state index in [1.54, 1.807) is 0 Å². The van der Waals surface area contributed by atoms with Gasteiger partial charge in [0, 0.05) is 18.6 Å². The van der Waals surface area contributed by atoms with E-state index in [2.05, 4.69) is 29.5 Å². The number of nitrogens with one attached hydrogen (secondary N) is 2. The lowest BCUT2D eigenvalue weighted by atomic mass is 10.1. The lowest BCUT2D eigenvalue weighted by Gasteiger charge is -2.25. The average Bonchev–Trinajstić information content (AvgIpc) is 2.57. The Labute approximate surface area is 129 Å². The van der Waals surface area contributed by atoms with Crippen LogP contribution in [0.15, 0.2) is 0 Å². The SMILES string of the molecule is CCC(CNC1CCCN(C)CC1)NC(=O)OC(C)(C)C. The van der Waals surface area contributed by atoms with Crippen LogP contribution in [-0.4, -0.2) is 55.4 Å². The topological polar surface area (TPSA) is 53.6 Å². The normalized spacial score (nSPS) is 22.4. The van der Waals surface area contributed by atoms with Crippen molar-refractivity contribution in [3.8, 4) is 0 Å². The van der Waals surface area contributed by atoms with Crippen molar-refractivity contribution in [2.45, 2.75) is 71.1 Å². The standard InChI is InChI=1S/C16H33N3O2/c1-6-13(18-15(20)21-16(2,3)4)12-17-14-8-7-10-19(5)11-9-14/h13-14,17H,6-12H2,1-5H3,(H,18,20). The summed E-state index contributed by atoms with van der Waals surface area (Å²) in [6, 6.07) is 0.685. The quantitative estimate of drug-likeness (QED) is 0.818. The molecule has 2 unspecified atom stereocenters. The number of carbonyl (C=O) groups excluding carboxylic acids is 1. The molecule has 21 heavy (non-hydrogen) atoms. The maximum Gasteiger partial charge on any atom is 0.407 e. The summed E-state index contributed by atoms with van der Waals surface area (Å²) >= 11 is 0. The van der Waals surface area contributed by atoms with Crippen molar-refractivity contribution in [1.82, 2.24) is 15.5 Å². The van der Waals surface area contributed by atoms with Crippen molar-refractivity contribution in [1.29, 1.82) is 0 Å². The van der Waals surface area contributed by atoms with Gasteiger partial charge in [0.15, 0.2) is 0 Å². The van der Waals surface area contributed by atoms with Gasteiger partial charge >= 0.3 is 6.09 Å². The molecule has 1 aliphatic rings. The smallest absolute Gasteiger partial charge is 0.407 e. The van der Waals surface area contributed by atoms with E-state index in [0.717, 1.165) is 19.5 Å². The Morgan fingerprint density at radius 2 is 2.05 bits per heavy atom. The molecule has 1 aliphatic heterocycles. The molecule has 5 nitrogen and oxygen atoms in total. The van der Waals surface area contributed by atoms with Gasteiger partial charge in [-0.25, -0.2) is 4.79 Å². The Hall–Kier alpha value is -0.810. The molecular formula is C16H33N3O2. The minimum Gasteiger partial charge on any atom is -0.444 e. The van der Waals surface area contributed by atoms with Gasteiger partial charge in [0.1, 0.15) is 5.60 Å². The fourth-order valence-corrected chi connectivity index (χ4v) is 2.52. The second-order valence-corrected chi connectivity index (χ2v) is 7.09. The Bertz CT molecular complexity index is 315. The van der Waals surface area contributed by atoms with Crippen molar-refractivity contribution in [3.63, 3.8) is 0 Å². The van der Waals surface area contributed by atoms with Gasteiger partial charge in [0.2, 0.25) is 0 Å². The summed E-state index contributed by atoms with van der Waals surface area (Å²) in [5, 5.41) is 6.56. The molecule has 0 bridgehead atoms. The first-order chi connectivity index (χ1) is 9.80. The van der Waals surface area contributed by atoms with Crippen LogP contribution in [0.25, 0.3) is 0 Å². The van der Waals surface area contributed by atoms with Gasteiger partial charge in [-0.3, -0.25) is 0 Å². The third-order valence-electron chi connectivity index (χ3n) is 3.82. The van der Waals surface area contributed by atoms with Gasteiger partial charge in [0.05, 0.1) is 0 Å². The zero-order valence-electron chi connectivity index (χ0n) is 14.4. The Morgan fingerprint density at radius 1 is 1.33 bits per heavy atom. The largest absolute Gasteiger partial charge is 0.444 e. The number of amides is 1. The van der Waals surface area contributed by atoms with E-state index in [0.29, 0.717) is 6.04 Å². The van der Waals surface area contributed by atoms with Crippen molar-refractivity contribution >= 4 is 6.09 Å². The number of likely N-dealkylation sites (tertiary alicyclic amines) is 1. The van der Waals surface area contributed by atoms with E-state index in [1.165, 1.54) is 25.8 Å². The zero-order valence-corrected chi connectivity index (χ0v) is 14.4. The predicted molar refractivity (Wildman–Crippen MR) is 86.6 cm³/mol. The van der Waals surface area contributed by atoms with Crippen molar-refractivity contribution in [2.24, 2.45) is 0 Å². The van der Waals surface area contributed by atoms with Crippen LogP contribution in [0.1, 0.15) is 53.4 Å². The fraction of sp³-hybridized carbons (Fsp3) is 0.938. The van der Waals surface area contributed by atoms with E-state index >= 15 is 0 Å². The summed E-state index contributed by atoms with van der Waals surface area (Å²) < 4.78 is 5.31. The van der Waals surface area contributed by atoms with Crippen molar-refractivity contribution in [2.75, 3.05) is 26.7 Å². The average molecular weight is 299 g/mol. The molecule has 0 radical (unpaired) electrons. The monoisotopic (exact) mass is 299 g/mol. The highest BCUT2D eigenvalue weighted by molar-refractivity contribution is 5.68. The first-order valence-corrected chi connectivity index (χ1v) is 8.21. The number of hydrogen-bond donors (Lipinski definition) is 2. The van der Waals surface area contributed by atoms with Gasteiger partial charge in [0.25, 0.3) is 0 Å². The van der Waals surface area contributed by atoms with Gasteiger partial charge in [-0.2, -0.15) is 0 Å². The fourth-order valence-electron chi connectivity index (χ4n) is 2.52. The van der Waals surface area contributed by atoms with E-state index in [1.807, 2.05) is 20.8 Å². The molecule has 0 aromatic rings. The van der Waals surface area contributed by atoms with Gasteiger partial charge in [-0.05, 0) is 66.6 Å². The summed E-state index contributed by atoms with van der Waals surface area (Å²) in [5.74, 6) is 0. The Balaban J connectivity index is 2.31. The molecule has 5 heteroatoms. The minimum absolute atomic E-state index is 0.126.